The number of nitrogens with zero attached hydrogens (tertiary/aromatic N) is 2. The molecule has 5 heteroatoms. The SMILES string of the molecule is Cn1cccc1C(=O)CN1CCOC1=O. The maximum atomic E-state index is 11.8. The van der Waals surface area contributed by atoms with Gasteiger partial charge in [-0.15, -0.1) is 0 Å². The van der Waals surface area contributed by atoms with Crippen molar-refractivity contribution in [3.05, 3.63) is 24.0 Å². The molecule has 0 radical (unpaired) electrons. The number of amides is 1. The average Bonchev–Trinajstić information content (AvgIpc) is 2.76. The lowest BCUT2D eigenvalue weighted by atomic mass is 10.2. The maximum absolute atomic E-state index is 11.8. The molecular weight excluding hydrogens is 196 g/mol. The number of hydrogen-bond acceptors (Lipinski definition) is 3. The van der Waals surface area contributed by atoms with Gasteiger partial charge in [0.2, 0.25) is 0 Å². The second-order valence-corrected chi connectivity index (χ2v) is 3.46. The van der Waals surface area contributed by atoms with Crippen molar-refractivity contribution in [1.29, 1.82) is 0 Å². The highest BCUT2D eigenvalue weighted by molar-refractivity contribution is 5.97. The van der Waals surface area contributed by atoms with Crippen molar-refractivity contribution in [2.24, 2.45) is 7.05 Å². The van der Waals surface area contributed by atoms with Crippen LogP contribution in [0.15, 0.2) is 18.3 Å². The maximum Gasteiger partial charge on any atom is 0.410 e. The molecule has 1 aromatic heterocycles. The molecule has 1 amide bonds. The Balaban J connectivity index is 2.04. The van der Waals surface area contributed by atoms with Crippen LogP contribution >= 0.6 is 0 Å². The largest absolute Gasteiger partial charge is 0.448 e. The minimum absolute atomic E-state index is 0.0682. The van der Waals surface area contributed by atoms with E-state index in [1.54, 1.807) is 29.9 Å². The fourth-order valence-corrected chi connectivity index (χ4v) is 1.57. The molecule has 0 N–H and O–H groups in total. The van der Waals surface area contributed by atoms with Crippen molar-refractivity contribution in [2.45, 2.75) is 0 Å². The van der Waals surface area contributed by atoms with Gasteiger partial charge in [0.1, 0.15) is 6.61 Å². The average molecular weight is 208 g/mol. The second-order valence-electron chi connectivity index (χ2n) is 3.46. The molecule has 0 aliphatic carbocycles. The molecule has 0 atom stereocenters. The summed E-state index contributed by atoms with van der Waals surface area (Å²) in [7, 11) is 1.80. The van der Waals surface area contributed by atoms with Crippen LogP contribution in [-0.2, 0) is 11.8 Å². The van der Waals surface area contributed by atoms with E-state index in [-0.39, 0.29) is 12.3 Å². The van der Waals surface area contributed by atoms with Crippen LogP contribution in [0.5, 0.6) is 0 Å². The van der Waals surface area contributed by atoms with E-state index in [1.807, 2.05) is 0 Å². The second kappa shape index (κ2) is 3.76. The molecule has 5 nitrogen and oxygen atoms in total. The molecule has 0 unspecified atom stereocenters. The monoisotopic (exact) mass is 208 g/mol. The van der Waals surface area contributed by atoms with E-state index in [4.69, 9.17) is 4.74 Å². The number of hydrogen-bond donors (Lipinski definition) is 0. The first-order chi connectivity index (χ1) is 7.18. The summed E-state index contributed by atoms with van der Waals surface area (Å²) < 4.78 is 6.48. The van der Waals surface area contributed by atoms with Gasteiger partial charge in [-0.25, -0.2) is 4.79 Å². The highest BCUT2D eigenvalue weighted by Crippen LogP contribution is 2.07. The first kappa shape index (κ1) is 9.76. The number of ketones is 1. The van der Waals surface area contributed by atoms with Crippen molar-refractivity contribution in [1.82, 2.24) is 9.47 Å². The minimum atomic E-state index is -0.405. The Hall–Kier alpha value is -1.78. The van der Waals surface area contributed by atoms with Gasteiger partial charge in [0, 0.05) is 13.2 Å². The summed E-state index contributed by atoms with van der Waals surface area (Å²) in [6.45, 7) is 0.963. The summed E-state index contributed by atoms with van der Waals surface area (Å²) in [5.74, 6) is -0.0682. The summed E-state index contributed by atoms with van der Waals surface area (Å²) in [4.78, 5) is 24.3. The van der Waals surface area contributed by atoms with E-state index < -0.39 is 6.09 Å². The van der Waals surface area contributed by atoms with Crippen LogP contribution in [0.4, 0.5) is 4.79 Å². The number of carbonyl (C=O) groups excluding carboxylic acids is 2. The Kier molecular flexibility index (Phi) is 2.45. The van der Waals surface area contributed by atoms with Gasteiger partial charge in [-0.2, -0.15) is 0 Å². The van der Waals surface area contributed by atoms with Crippen molar-refractivity contribution in [3.63, 3.8) is 0 Å². The number of carbonyl (C=O) groups is 2. The number of Topliss-reactive ketones (excluding diaryl/α,β-unsaturated/α-hetero) is 1. The molecule has 1 aromatic rings. The van der Waals surface area contributed by atoms with Crippen molar-refractivity contribution < 1.29 is 14.3 Å². The lowest BCUT2D eigenvalue weighted by molar-refractivity contribution is 0.0936. The number of rotatable bonds is 3. The third kappa shape index (κ3) is 1.86. The first-order valence-corrected chi connectivity index (χ1v) is 4.75. The fourth-order valence-electron chi connectivity index (χ4n) is 1.57. The molecular formula is C10H12N2O3. The smallest absolute Gasteiger partial charge is 0.410 e. The van der Waals surface area contributed by atoms with Crippen LogP contribution in [0.25, 0.3) is 0 Å². The fraction of sp³-hybridized carbons (Fsp3) is 0.400. The number of ether oxygens (including phenoxy) is 1. The predicted octanol–water partition coefficient (Wildman–Crippen LogP) is 0.660. The van der Waals surface area contributed by atoms with E-state index >= 15 is 0 Å². The topological polar surface area (TPSA) is 51.5 Å². The Bertz CT molecular complexity index is 397. The lowest BCUT2D eigenvalue weighted by Crippen LogP contribution is -2.31. The van der Waals surface area contributed by atoms with Gasteiger partial charge in [0.05, 0.1) is 18.8 Å². The lowest BCUT2D eigenvalue weighted by Gasteiger charge is -2.11. The molecule has 0 saturated carbocycles. The van der Waals surface area contributed by atoms with Gasteiger partial charge >= 0.3 is 6.09 Å². The van der Waals surface area contributed by atoms with Crippen LogP contribution in [-0.4, -0.2) is 41.0 Å². The molecule has 0 aromatic carbocycles. The van der Waals surface area contributed by atoms with Gasteiger partial charge in [0.15, 0.2) is 5.78 Å². The highest BCUT2D eigenvalue weighted by atomic mass is 16.6. The van der Waals surface area contributed by atoms with Gasteiger partial charge in [-0.05, 0) is 12.1 Å². The van der Waals surface area contributed by atoms with E-state index in [2.05, 4.69) is 0 Å². The van der Waals surface area contributed by atoms with Gasteiger partial charge in [-0.3, -0.25) is 9.69 Å². The Morgan fingerprint density at radius 2 is 2.40 bits per heavy atom. The number of aromatic nitrogens is 1. The van der Waals surface area contributed by atoms with E-state index in [1.165, 1.54) is 4.90 Å². The van der Waals surface area contributed by atoms with Gasteiger partial charge < -0.3 is 9.30 Å². The molecule has 1 saturated heterocycles. The normalized spacial score (nSPS) is 15.5. The van der Waals surface area contributed by atoms with Crippen LogP contribution in [0.1, 0.15) is 10.5 Å². The quantitative estimate of drug-likeness (QED) is 0.686. The summed E-state index contributed by atoms with van der Waals surface area (Å²) in [6, 6.07) is 3.54. The van der Waals surface area contributed by atoms with Gasteiger partial charge in [0.25, 0.3) is 0 Å². The molecule has 0 spiro atoms. The molecule has 1 aliphatic rings. The zero-order valence-electron chi connectivity index (χ0n) is 8.47. The molecule has 80 valence electrons. The van der Waals surface area contributed by atoms with Crippen LogP contribution < -0.4 is 0 Å². The van der Waals surface area contributed by atoms with Gasteiger partial charge in [-0.1, -0.05) is 0 Å². The standard InChI is InChI=1S/C10H12N2O3/c1-11-4-2-3-8(11)9(13)7-12-5-6-15-10(12)14/h2-4H,5-7H2,1H3. The zero-order valence-corrected chi connectivity index (χ0v) is 8.47. The van der Waals surface area contributed by atoms with Crippen LogP contribution in [0, 0.1) is 0 Å². The summed E-state index contributed by atoms with van der Waals surface area (Å²) in [6.07, 6.45) is 1.40. The molecule has 15 heavy (non-hydrogen) atoms. The third-order valence-electron chi connectivity index (χ3n) is 2.41. The summed E-state index contributed by atoms with van der Waals surface area (Å²) in [5, 5.41) is 0. The third-order valence-corrected chi connectivity index (χ3v) is 2.41. The molecule has 2 rings (SSSR count). The first-order valence-electron chi connectivity index (χ1n) is 4.75. The molecule has 2 heterocycles. The molecule has 1 fully saturated rings. The summed E-state index contributed by atoms with van der Waals surface area (Å²) >= 11 is 0. The van der Waals surface area contributed by atoms with E-state index in [0.717, 1.165) is 0 Å². The van der Waals surface area contributed by atoms with Crippen molar-refractivity contribution in [3.8, 4) is 0 Å². The predicted molar refractivity (Wildman–Crippen MR) is 52.7 cm³/mol. The molecule has 1 aliphatic heterocycles. The van der Waals surface area contributed by atoms with Crippen LogP contribution in [0.2, 0.25) is 0 Å². The number of aryl methyl sites for hydroxylation is 1. The Labute approximate surface area is 87.2 Å². The summed E-state index contributed by atoms with van der Waals surface area (Å²) in [5.41, 5.74) is 0.606. The zero-order chi connectivity index (χ0) is 10.8. The van der Waals surface area contributed by atoms with Crippen molar-refractivity contribution in [2.75, 3.05) is 19.7 Å². The van der Waals surface area contributed by atoms with Crippen LogP contribution in [0.3, 0.4) is 0 Å². The minimum Gasteiger partial charge on any atom is -0.448 e. The Morgan fingerprint density at radius 1 is 1.60 bits per heavy atom. The van der Waals surface area contributed by atoms with E-state index in [0.29, 0.717) is 18.8 Å². The highest BCUT2D eigenvalue weighted by Gasteiger charge is 2.25. The Morgan fingerprint density at radius 3 is 2.93 bits per heavy atom. The van der Waals surface area contributed by atoms with Crippen molar-refractivity contribution >= 4 is 11.9 Å². The molecule has 0 bridgehead atoms. The number of cyclic esters (lactones) is 1. The van der Waals surface area contributed by atoms with E-state index in [9.17, 15) is 9.59 Å².